The Bertz CT molecular complexity index is 734. The van der Waals surface area contributed by atoms with Gasteiger partial charge in [-0.15, -0.1) is 0 Å². The van der Waals surface area contributed by atoms with Crippen LogP contribution in [0.5, 0.6) is 11.5 Å². The van der Waals surface area contributed by atoms with Crippen LogP contribution in [0.1, 0.15) is 12.0 Å². The number of carbonyl (C=O) groups excluding carboxylic acids is 1. The Morgan fingerprint density at radius 3 is 2.76 bits per heavy atom. The summed E-state index contributed by atoms with van der Waals surface area (Å²) in [6.07, 6.45) is 7.41. The average molecular weight is 340 g/mol. The molecule has 7 heteroatoms. The van der Waals surface area contributed by atoms with Crippen molar-refractivity contribution < 1.29 is 14.3 Å². The first-order valence-corrected chi connectivity index (χ1v) is 8.18. The molecule has 2 aromatic rings. The molecule has 1 aromatic heterocycles. The SMILES string of the molecule is O=C(C=Cc1ccc2c(c1)OCCO2)NCCCNc1ncccn1. The number of hydrogen-bond acceptors (Lipinski definition) is 6. The van der Waals surface area contributed by atoms with Gasteiger partial charge in [0.05, 0.1) is 0 Å². The number of benzene rings is 1. The number of fused-ring (bicyclic) bond motifs is 1. The molecular formula is C18H20N4O3. The predicted octanol–water partition coefficient (Wildman–Crippen LogP) is 1.88. The van der Waals surface area contributed by atoms with Crippen LogP contribution in [0.4, 0.5) is 5.95 Å². The summed E-state index contributed by atoms with van der Waals surface area (Å²) in [4.78, 5) is 20.0. The van der Waals surface area contributed by atoms with Crippen molar-refractivity contribution >= 4 is 17.9 Å². The van der Waals surface area contributed by atoms with E-state index in [1.165, 1.54) is 6.08 Å². The highest BCUT2D eigenvalue weighted by atomic mass is 16.6. The standard InChI is InChI=1S/C18H20N4O3/c23-17(19-7-1-8-20-18-21-9-2-10-22-18)6-4-14-3-5-15-16(13-14)25-12-11-24-15/h2-6,9-10,13H,1,7-8,11-12H2,(H,19,23)(H,20,21,22). The molecule has 0 atom stereocenters. The van der Waals surface area contributed by atoms with Crippen molar-refractivity contribution in [1.29, 1.82) is 0 Å². The average Bonchev–Trinajstić information content (AvgIpc) is 2.67. The Morgan fingerprint density at radius 2 is 1.92 bits per heavy atom. The molecule has 0 aliphatic carbocycles. The van der Waals surface area contributed by atoms with Gasteiger partial charge in [0, 0.05) is 31.6 Å². The lowest BCUT2D eigenvalue weighted by molar-refractivity contribution is -0.116. The number of nitrogens with zero attached hydrogens (tertiary/aromatic N) is 2. The molecular weight excluding hydrogens is 320 g/mol. The zero-order valence-electron chi connectivity index (χ0n) is 13.8. The van der Waals surface area contributed by atoms with E-state index in [2.05, 4.69) is 20.6 Å². The molecule has 2 N–H and O–H groups in total. The molecule has 2 heterocycles. The summed E-state index contributed by atoms with van der Waals surface area (Å²) in [7, 11) is 0. The Kier molecular flexibility index (Phi) is 5.82. The van der Waals surface area contributed by atoms with Gasteiger partial charge in [0.25, 0.3) is 0 Å². The fraction of sp³-hybridized carbons (Fsp3) is 0.278. The third-order valence-corrected chi connectivity index (χ3v) is 3.50. The number of ether oxygens (including phenoxy) is 2. The lowest BCUT2D eigenvalue weighted by atomic mass is 10.2. The molecule has 0 unspecified atom stereocenters. The molecule has 0 fully saturated rings. The maximum atomic E-state index is 11.8. The first kappa shape index (κ1) is 16.8. The molecule has 1 amide bonds. The van der Waals surface area contributed by atoms with Gasteiger partial charge in [0.2, 0.25) is 11.9 Å². The summed E-state index contributed by atoms with van der Waals surface area (Å²) < 4.78 is 11.0. The maximum absolute atomic E-state index is 11.8. The van der Waals surface area contributed by atoms with Crippen molar-refractivity contribution in [1.82, 2.24) is 15.3 Å². The van der Waals surface area contributed by atoms with E-state index in [9.17, 15) is 4.79 Å². The number of rotatable bonds is 7. The first-order valence-electron chi connectivity index (χ1n) is 8.18. The minimum absolute atomic E-state index is 0.133. The topological polar surface area (TPSA) is 85.4 Å². The number of aromatic nitrogens is 2. The van der Waals surface area contributed by atoms with E-state index in [0.717, 1.165) is 17.7 Å². The normalized spacial score (nSPS) is 12.8. The highest BCUT2D eigenvalue weighted by molar-refractivity contribution is 5.91. The van der Waals surface area contributed by atoms with Crippen molar-refractivity contribution in [2.45, 2.75) is 6.42 Å². The van der Waals surface area contributed by atoms with Crippen LogP contribution in [-0.2, 0) is 4.79 Å². The van der Waals surface area contributed by atoms with E-state index < -0.39 is 0 Å². The number of hydrogen-bond donors (Lipinski definition) is 2. The summed E-state index contributed by atoms with van der Waals surface area (Å²) >= 11 is 0. The second kappa shape index (κ2) is 8.68. The van der Waals surface area contributed by atoms with Gasteiger partial charge >= 0.3 is 0 Å². The maximum Gasteiger partial charge on any atom is 0.244 e. The smallest absolute Gasteiger partial charge is 0.244 e. The number of amides is 1. The van der Waals surface area contributed by atoms with E-state index in [-0.39, 0.29) is 5.91 Å². The molecule has 0 radical (unpaired) electrons. The van der Waals surface area contributed by atoms with Crippen LogP contribution in [0.25, 0.3) is 6.08 Å². The third kappa shape index (κ3) is 5.20. The van der Waals surface area contributed by atoms with Crippen molar-refractivity contribution in [2.24, 2.45) is 0 Å². The van der Waals surface area contributed by atoms with E-state index in [4.69, 9.17) is 9.47 Å². The molecule has 25 heavy (non-hydrogen) atoms. The zero-order valence-corrected chi connectivity index (χ0v) is 13.8. The van der Waals surface area contributed by atoms with Crippen molar-refractivity contribution in [3.63, 3.8) is 0 Å². The van der Waals surface area contributed by atoms with Crippen LogP contribution >= 0.6 is 0 Å². The van der Waals surface area contributed by atoms with Crippen LogP contribution in [-0.4, -0.2) is 42.2 Å². The third-order valence-electron chi connectivity index (χ3n) is 3.50. The van der Waals surface area contributed by atoms with Gasteiger partial charge in [-0.25, -0.2) is 9.97 Å². The van der Waals surface area contributed by atoms with Gasteiger partial charge in [-0.05, 0) is 36.3 Å². The Hall–Kier alpha value is -3.09. The lowest BCUT2D eigenvalue weighted by Crippen LogP contribution is -2.23. The van der Waals surface area contributed by atoms with Crippen LogP contribution in [0, 0.1) is 0 Å². The lowest BCUT2D eigenvalue weighted by Gasteiger charge is -2.18. The monoisotopic (exact) mass is 340 g/mol. The van der Waals surface area contributed by atoms with E-state index in [1.54, 1.807) is 24.5 Å². The summed E-state index contributed by atoms with van der Waals surface area (Å²) in [6, 6.07) is 7.37. The van der Waals surface area contributed by atoms with E-state index in [1.807, 2.05) is 18.2 Å². The first-order chi connectivity index (χ1) is 12.3. The second-order valence-electron chi connectivity index (χ2n) is 5.38. The quantitative estimate of drug-likeness (QED) is 0.591. The fourth-order valence-corrected chi connectivity index (χ4v) is 2.29. The summed E-state index contributed by atoms with van der Waals surface area (Å²) in [5, 5.41) is 5.93. The fourth-order valence-electron chi connectivity index (χ4n) is 2.29. The predicted molar refractivity (Wildman–Crippen MR) is 94.6 cm³/mol. The molecule has 1 aliphatic rings. The van der Waals surface area contributed by atoms with Crippen molar-refractivity contribution in [3.8, 4) is 11.5 Å². The van der Waals surface area contributed by atoms with Crippen molar-refractivity contribution in [3.05, 3.63) is 48.3 Å². The molecule has 1 aromatic carbocycles. The zero-order chi connectivity index (χ0) is 17.3. The number of carbonyl (C=O) groups is 1. The molecule has 0 saturated carbocycles. The summed E-state index contributed by atoms with van der Waals surface area (Å²) in [5.41, 5.74) is 0.891. The van der Waals surface area contributed by atoms with Crippen LogP contribution in [0.2, 0.25) is 0 Å². The summed E-state index contributed by atoms with van der Waals surface area (Å²) in [5.74, 6) is 1.91. The minimum atomic E-state index is -0.133. The minimum Gasteiger partial charge on any atom is -0.486 e. The van der Waals surface area contributed by atoms with Crippen molar-refractivity contribution in [2.75, 3.05) is 31.6 Å². The molecule has 130 valence electrons. The van der Waals surface area contributed by atoms with Gasteiger partial charge in [-0.2, -0.15) is 0 Å². The second-order valence-corrected chi connectivity index (χ2v) is 5.38. The van der Waals surface area contributed by atoms with Gasteiger partial charge in [0.1, 0.15) is 13.2 Å². The Labute approximate surface area is 146 Å². The molecule has 0 bridgehead atoms. The van der Waals surface area contributed by atoms with Gasteiger partial charge in [0.15, 0.2) is 11.5 Å². The molecule has 0 saturated heterocycles. The molecule has 0 spiro atoms. The van der Waals surface area contributed by atoms with E-state index >= 15 is 0 Å². The van der Waals surface area contributed by atoms with Gasteiger partial charge in [-0.1, -0.05) is 6.07 Å². The highest BCUT2D eigenvalue weighted by Gasteiger charge is 2.10. The molecule has 3 rings (SSSR count). The van der Waals surface area contributed by atoms with Crippen LogP contribution < -0.4 is 20.1 Å². The largest absolute Gasteiger partial charge is 0.486 e. The van der Waals surface area contributed by atoms with Gasteiger partial charge in [-0.3, -0.25) is 4.79 Å². The van der Waals surface area contributed by atoms with Crippen LogP contribution in [0.15, 0.2) is 42.7 Å². The number of anilines is 1. The molecule has 1 aliphatic heterocycles. The Balaban J connectivity index is 1.38. The van der Waals surface area contributed by atoms with E-state index in [0.29, 0.717) is 38.0 Å². The number of nitrogens with one attached hydrogen (secondary N) is 2. The van der Waals surface area contributed by atoms with Crippen LogP contribution in [0.3, 0.4) is 0 Å². The highest BCUT2D eigenvalue weighted by Crippen LogP contribution is 2.30. The Morgan fingerprint density at radius 1 is 1.12 bits per heavy atom. The van der Waals surface area contributed by atoms with Gasteiger partial charge < -0.3 is 20.1 Å². The molecule has 7 nitrogen and oxygen atoms in total. The summed E-state index contributed by atoms with van der Waals surface area (Å²) in [6.45, 7) is 2.37.